The minimum absolute atomic E-state index is 0.130. The predicted molar refractivity (Wildman–Crippen MR) is 145 cm³/mol. The number of pyridine rings is 1. The molecule has 1 aliphatic rings. The molecule has 0 saturated carbocycles. The molecule has 0 unspecified atom stereocenters. The Morgan fingerprint density at radius 2 is 1.74 bits per heavy atom. The first-order chi connectivity index (χ1) is 18.4. The van der Waals surface area contributed by atoms with E-state index < -0.39 is 11.8 Å². The van der Waals surface area contributed by atoms with Gasteiger partial charge in [-0.05, 0) is 43.2 Å². The fourth-order valence-corrected chi connectivity index (χ4v) is 5.53. The van der Waals surface area contributed by atoms with Crippen molar-refractivity contribution >= 4 is 51.6 Å². The highest BCUT2D eigenvalue weighted by Crippen LogP contribution is 2.32. The van der Waals surface area contributed by atoms with Crippen molar-refractivity contribution in [1.29, 1.82) is 0 Å². The van der Waals surface area contributed by atoms with E-state index in [0.717, 1.165) is 23.2 Å². The molecule has 0 atom stereocenters. The molecular formula is C27H24ClN5O4S. The van der Waals surface area contributed by atoms with Gasteiger partial charge in [0.15, 0.2) is 0 Å². The zero-order valence-corrected chi connectivity index (χ0v) is 22.0. The molecule has 9 nitrogen and oxygen atoms in total. The van der Waals surface area contributed by atoms with Gasteiger partial charge in [-0.1, -0.05) is 29.8 Å². The number of hydrazine groups is 1. The maximum atomic E-state index is 13.2. The molecule has 1 fully saturated rings. The van der Waals surface area contributed by atoms with E-state index in [1.165, 1.54) is 17.4 Å². The Hall–Kier alpha value is -4.02. The highest BCUT2D eigenvalue weighted by Gasteiger charge is 2.28. The van der Waals surface area contributed by atoms with Crippen LogP contribution in [-0.2, 0) is 0 Å². The van der Waals surface area contributed by atoms with Gasteiger partial charge in [0.1, 0.15) is 17.1 Å². The Bertz CT molecular complexity index is 1520. The number of benzene rings is 2. The summed E-state index contributed by atoms with van der Waals surface area (Å²) in [5.41, 5.74) is 6.38. The first-order valence-electron chi connectivity index (χ1n) is 12.0. The van der Waals surface area contributed by atoms with Gasteiger partial charge in [-0.3, -0.25) is 25.2 Å². The van der Waals surface area contributed by atoms with E-state index in [1.54, 1.807) is 41.7 Å². The molecule has 4 aromatic rings. The number of methoxy groups -OCH3 is 1. The molecule has 38 heavy (non-hydrogen) atoms. The zero-order chi connectivity index (χ0) is 26.6. The Balaban J connectivity index is 1.17. The summed E-state index contributed by atoms with van der Waals surface area (Å²) in [5.74, 6) is -0.377. The van der Waals surface area contributed by atoms with Gasteiger partial charge in [0, 0.05) is 46.4 Å². The number of rotatable bonds is 5. The molecular weight excluding hydrogens is 526 g/mol. The second-order valence-electron chi connectivity index (χ2n) is 8.78. The van der Waals surface area contributed by atoms with Crippen LogP contribution in [0.2, 0.25) is 5.02 Å². The number of fused-ring (bicyclic) bond motifs is 1. The van der Waals surface area contributed by atoms with E-state index in [1.807, 2.05) is 24.3 Å². The van der Waals surface area contributed by atoms with Gasteiger partial charge >= 0.3 is 0 Å². The number of carbonyl (C=O) groups is 3. The van der Waals surface area contributed by atoms with Gasteiger partial charge in [0.2, 0.25) is 0 Å². The van der Waals surface area contributed by atoms with Crippen molar-refractivity contribution in [3.8, 4) is 5.75 Å². The third-order valence-corrected chi connectivity index (χ3v) is 7.62. The minimum atomic E-state index is -0.508. The smallest absolute Gasteiger partial charge is 0.289 e. The van der Waals surface area contributed by atoms with Crippen LogP contribution in [-0.4, -0.2) is 52.8 Å². The monoisotopic (exact) mass is 549 g/mol. The van der Waals surface area contributed by atoms with Crippen molar-refractivity contribution in [2.45, 2.75) is 18.8 Å². The number of hydrogen-bond donors (Lipinski definition) is 2. The molecule has 0 radical (unpaired) electrons. The number of aromatic nitrogens is 2. The highest BCUT2D eigenvalue weighted by molar-refractivity contribution is 7.09. The van der Waals surface area contributed by atoms with E-state index in [2.05, 4.69) is 20.8 Å². The normalized spacial score (nSPS) is 13.8. The van der Waals surface area contributed by atoms with Crippen molar-refractivity contribution in [2.75, 3.05) is 20.2 Å². The largest absolute Gasteiger partial charge is 0.496 e. The van der Waals surface area contributed by atoms with Gasteiger partial charge in [-0.25, -0.2) is 9.97 Å². The lowest BCUT2D eigenvalue weighted by atomic mass is 9.97. The van der Waals surface area contributed by atoms with E-state index in [4.69, 9.17) is 16.3 Å². The quantitative estimate of drug-likeness (QED) is 0.356. The lowest BCUT2D eigenvalue weighted by molar-refractivity contribution is 0.0706. The number of para-hydroxylation sites is 1. The Morgan fingerprint density at radius 3 is 2.50 bits per heavy atom. The van der Waals surface area contributed by atoms with Gasteiger partial charge in [-0.2, -0.15) is 0 Å². The van der Waals surface area contributed by atoms with E-state index in [0.29, 0.717) is 40.6 Å². The first kappa shape index (κ1) is 25.6. The maximum Gasteiger partial charge on any atom is 0.289 e. The predicted octanol–water partition coefficient (Wildman–Crippen LogP) is 4.45. The number of hydrogen-bond acceptors (Lipinski definition) is 7. The number of nitrogens with one attached hydrogen (secondary N) is 2. The molecule has 0 aliphatic carbocycles. The summed E-state index contributed by atoms with van der Waals surface area (Å²) in [6.07, 6.45) is 1.44. The van der Waals surface area contributed by atoms with E-state index in [-0.39, 0.29) is 17.5 Å². The third kappa shape index (κ3) is 5.46. The summed E-state index contributed by atoms with van der Waals surface area (Å²) >= 11 is 7.30. The molecule has 3 heterocycles. The Kier molecular flexibility index (Phi) is 7.52. The molecule has 1 saturated heterocycles. The minimum Gasteiger partial charge on any atom is -0.496 e. The molecule has 1 aliphatic heterocycles. The van der Waals surface area contributed by atoms with Crippen molar-refractivity contribution in [3.05, 3.63) is 87.0 Å². The standard InChI is InChI=1S/C27H24ClN5O4S/c1-37-23-14-21(29-20-8-3-2-7-19(20)23)27(36)33-11-9-16(10-12-33)26-30-22(15-38-26)25(35)32-31-24(34)17-5-4-6-18(28)13-17/h2-8,13-16H,9-12H2,1H3,(H,31,34)(H,32,35). The van der Waals surface area contributed by atoms with E-state index >= 15 is 0 Å². The molecule has 5 rings (SSSR count). The number of ether oxygens (including phenoxy) is 1. The number of carbonyl (C=O) groups excluding carboxylic acids is 3. The molecule has 194 valence electrons. The number of nitrogens with zero attached hydrogens (tertiary/aromatic N) is 3. The molecule has 11 heteroatoms. The third-order valence-electron chi connectivity index (χ3n) is 6.38. The van der Waals surface area contributed by atoms with Crippen molar-refractivity contribution in [2.24, 2.45) is 0 Å². The van der Waals surface area contributed by atoms with E-state index in [9.17, 15) is 14.4 Å². The van der Waals surface area contributed by atoms with Gasteiger partial charge in [0.05, 0.1) is 17.6 Å². The average Bonchev–Trinajstić information content (AvgIpc) is 3.45. The summed E-state index contributed by atoms with van der Waals surface area (Å²) in [6.45, 7) is 1.11. The van der Waals surface area contributed by atoms with Crippen LogP contribution in [0, 0.1) is 0 Å². The lowest BCUT2D eigenvalue weighted by Crippen LogP contribution is -2.41. The average molecular weight is 550 g/mol. The topological polar surface area (TPSA) is 114 Å². The number of halogens is 1. The number of thiazole rings is 1. The molecule has 2 aromatic carbocycles. The fourth-order valence-electron chi connectivity index (χ4n) is 4.37. The van der Waals surface area contributed by atoms with Crippen LogP contribution in [0.25, 0.3) is 10.9 Å². The zero-order valence-electron chi connectivity index (χ0n) is 20.4. The number of likely N-dealkylation sites (tertiary alicyclic amines) is 1. The SMILES string of the molecule is COc1cc(C(=O)N2CCC(c3nc(C(=O)NNC(=O)c4cccc(Cl)c4)cs3)CC2)nc2ccccc12. The second-order valence-corrected chi connectivity index (χ2v) is 10.1. The van der Waals surface area contributed by atoms with Crippen LogP contribution in [0.15, 0.2) is 60.0 Å². The molecule has 3 amide bonds. The Labute approximate surface area is 227 Å². The molecule has 2 aromatic heterocycles. The molecule has 2 N–H and O–H groups in total. The summed E-state index contributed by atoms with van der Waals surface area (Å²) in [4.78, 5) is 48.8. The summed E-state index contributed by atoms with van der Waals surface area (Å²) < 4.78 is 5.48. The first-order valence-corrected chi connectivity index (χ1v) is 13.2. The van der Waals surface area contributed by atoms with Crippen LogP contribution >= 0.6 is 22.9 Å². The Morgan fingerprint density at radius 1 is 0.974 bits per heavy atom. The van der Waals surface area contributed by atoms with Gasteiger partial charge in [-0.15, -0.1) is 11.3 Å². The summed E-state index contributed by atoms with van der Waals surface area (Å²) in [6, 6.07) is 15.7. The van der Waals surface area contributed by atoms with Crippen LogP contribution < -0.4 is 15.6 Å². The van der Waals surface area contributed by atoms with Crippen LogP contribution in [0.4, 0.5) is 0 Å². The fraction of sp³-hybridized carbons (Fsp3) is 0.222. The second kappa shape index (κ2) is 11.2. The lowest BCUT2D eigenvalue weighted by Gasteiger charge is -2.31. The molecule has 0 spiro atoms. The van der Waals surface area contributed by atoms with Crippen molar-refractivity contribution in [1.82, 2.24) is 25.7 Å². The summed E-state index contributed by atoms with van der Waals surface area (Å²) in [7, 11) is 1.58. The summed E-state index contributed by atoms with van der Waals surface area (Å²) in [5, 5.41) is 3.78. The number of amides is 3. The van der Waals surface area contributed by atoms with Crippen molar-refractivity contribution in [3.63, 3.8) is 0 Å². The highest BCUT2D eigenvalue weighted by atomic mass is 35.5. The van der Waals surface area contributed by atoms with Crippen LogP contribution in [0.5, 0.6) is 5.75 Å². The van der Waals surface area contributed by atoms with Crippen molar-refractivity contribution < 1.29 is 19.1 Å². The van der Waals surface area contributed by atoms with Gasteiger partial charge in [0.25, 0.3) is 17.7 Å². The van der Waals surface area contributed by atoms with Crippen LogP contribution in [0.1, 0.15) is 55.1 Å². The van der Waals surface area contributed by atoms with Gasteiger partial charge < -0.3 is 9.64 Å². The number of piperidine rings is 1. The van der Waals surface area contributed by atoms with Crippen LogP contribution in [0.3, 0.4) is 0 Å². The molecule has 0 bridgehead atoms. The maximum absolute atomic E-state index is 13.2.